The van der Waals surface area contributed by atoms with Crippen LogP contribution < -0.4 is 4.90 Å². The van der Waals surface area contributed by atoms with Crippen molar-refractivity contribution in [1.29, 1.82) is 5.26 Å². The van der Waals surface area contributed by atoms with Crippen LogP contribution in [0, 0.1) is 11.3 Å². The average molecular weight is 162 g/mol. The quantitative estimate of drug-likeness (QED) is 0.677. The van der Waals surface area contributed by atoms with E-state index < -0.39 is 0 Å². The fraction of sp³-hybridized carbons (Fsp3) is 0.222. The Hall–Kier alpha value is -1.69. The van der Waals surface area contributed by atoms with Crippen molar-refractivity contribution < 1.29 is 5.11 Å². The minimum absolute atomic E-state index is 0.194. The third-order valence-corrected chi connectivity index (χ3v) is 1.59. The maximum atomic E-state index is 9.35. The fourth-order valence-electron chi connectivity index (χ4n) is 0.951. The van der Waals surface area contributed by atoms with Crippen LogP contribution in [0.5, 0.6) is 5.75 Å². The molecule has 0 fully saturated rings. The van der Waals surface area contributed by atoms with Crippen molar-refractivity contribution in [1.82, 2.24) is 0 Å². The van der Waals surface area contributed by atoms with E-state index in [-0.39, 0.29) is 5.75 Å². The Bertz CT molecular complexity index is 326. The van der Waals surface area contributed by atoms with Crippen LogP contribution in [0.25, 0.3) is 0 Å². The first-order valence-corrected chi connectivity index (χ1v) is 3.55. The highest BCUT2D eigenvalue weighted by atomic mass is 16.3. The molecule has 0 spiro atoms. The number of hydrogen-bond donors (Lipinski definition) is 1. The van der Waals surface area contributed by atoms with E-state index in [0.29, 0.717) is 11.3 Å². The second kappa shape index (κ2) is 3.14. The molecule has 0 heterocycles. The van der Waals surface area contributed by atoms with E-state index >= 15 is 0 Å². The van der Waals surface area contributed by atoms with E-state index in [2.05, 4.69) is 0 Å². The highest BCUT2D eigenvalue weighted by molar-refractivity contribution is 5.60. The van der Waals surface area contributed by atoms with Gasteiger partial charge in [-0.15, -0.1) is 0 Å². The monoisotopic (exact) mass is 162 g/mol. The lowest BCUT2D eigenvalue weighted by Crippen LogP contribution is -2.08. The molecule has 1 aromatic rings. The van der Waals surface area contributed by atoms with Crippen LogP contribution in [0.4, 0.5) is 5.69 Å². The number of benzene rings is 1. The summed E-state index contributed by atoms with van der Waals surface area (Å²) >= 11 is 0. The Morgan fingerprint density at radius 1 is 1.42 bits per heavy atom. The minimum Gasteiger partial charge on any atom is -0.506 e. The molecular weight excluding hydrogens is 152 g/mol. The summed E-state index contributed by atoms with van der Waals surface area (Å²) in [6, 6.07) is 6.77. The highest BCUT2D eigenvalue weighted by Gasteiger charge is 2.03. The van der Waals surface area contributed by atoms with Gasteiger partial charge in [-0.3, -0.25) is 0 Å². The summed E-state index contributed by atoms with van der Waals surface area (Å²) in [6.07, 6.45) is 0. The summed E-state index contributed by atoms with van der Waals surface area (Å²) in [7, 11) is 3.63. The molecule has 1 N–H and O–H groups in total. The lowest BCUT2D eigenvalue weighted by Gasteiger charge is -2.13. The fourth-order valence-corrected chi connectivity index (χ4v) is 0.951. The first-order chi connectivity index (χ1) is 5.65. The van der Waals surface area contributed by atoms with Gasteiger partial charge in [-0.05, 0) is 18.2 Å². The summed E-state index contributed by atoms with van der Waals surface area (Å²) in [4.78, 5) is 1.76. The maximum absolute atomic E-state index is 9.35. The molecule has 0 atom stereocenters. The molecule has 0 radical (unpaired) electrons. The first kappa shape index (κ1) is 8.41. The van der Waals surface area contributed by atoms with Gasteiger partial charge < -0.3 is 10.0 Å². The SMILES string of the molecule is CN(C)c1cc(C#N)ccc1O. The molecule has 0 aromatic heterocycles. The number of hydrogen-bond acceptors (Lipinski definition) is 3. The lowest BCUT2D eigenvalue weighted by atomic mass is 10.2. The van der Waals surface area contributed by atoms with Crippen LogP contribution >= 0.6 is 0 Å². The lowest BCUT2D eigenvalue weighted by molar-refractivity contribution is 0.475. The molecule has 1 aromatic carbocycles. The van der Waals surface area contributed by atoms with Crippen LogP contribution in [0.3, 0.4) is 0 Å². The minimum atomic E-state index is 0.194. The first-order valence-electron chi connectivity index (χ1n) is 3.55. The normalized spacial score (nSPS) is 9.08. The van der Waals surface area contributed by atoms with Gasteiger partial charge in [-0.1, -0.05) is 0 Å². The number of nitriles is 1. The van der Waals surface area contributed by atoms with E-state index in [1.54, 1.807) is 17.0 Å². The number of nitrogens with zero attached hydrogens (tertiary/aromatic N) is 2. The van der Waals surface area contributed by atoms with Gasteiger partial charge in [-0.25, -0.2) is 0 Å². The number of aromatic hydroxyl groups is 1. The molecule has 12 heavy (non-hydrogen) atoms. The van der Waals surface area contributed by atoms with E-state index in [0.717, 1.165) is 0 Å². The van der Waals surface area contributed by atoms with E-state index in [4.69, 9.17) is 5.26 Å². The average Bonchev–Trinajstić information content (AvgIpc) is 2.05. The summed E-state index contributed by atoms with van der Waals surface area (Å²) < 4.78 is 0. The van der Waals surface area contributed by atoms with Gasteiger partial charge in [0, 0.05) is 14.1 Å². The topological polar surface area (TPSA) is 47.3 Å². The number of rotatable bonds is 1. The van der Waals surface area contributed by atoms with Crippen LogP contribution in [0.15, 0.2) is 18.2 Å². The van der Waals surface area contributed by atoms with Gasteiger partial charge in [0.1, 0.15) is 5.75 Å². The van der Waals surface area contributed by atoms with E-state index in [1.807, 2.05) is 20.2 Å². The van der Waals surface area contributed by atoms with Crippen LogP contribution in [-0.4, -0.2) is 19.2 Å². The smallest absolute Gasteiger partial charge is 0.138 e. The third kappa shape index (κ3) is 1.48. The third-order valence-electron chi connectivity index (χ3n) is 1.59. The van der Waals surface area contributed by atoms with Gasteiger partial charge >= 0.3 is 0 Å². The van der Waals surface area contributed by atoms with Crippen LogP contribution in [-0.2, 0) is 0 Å². The Labute approximate surface area is 71.5 Å². The summed E-state index contributed by atoms with van der Waals surface area (Å²) in [6.45, 7) is 0. The molecule has 0 saturated carbocycles. The Kier molecular flexibility index (Phi) is 2.20. The molecule has 0 aliphatic carbocycles. The zero-order chi connectivity index (χ0) is 9.14. The zero-order valence-corrected chi connectivity index (χ0v) is 7.07. The number of anilines is 1. The van der Waals surface area contributed by atoms with Crippen molar-refractivity contribution >= 4 is 5.69 Å². The largest absolute Gasteiger partial charge is 0.506 e. The van der Waals surface area contributed by atoms with Crippen molar-refractivity contribution in [3.63, 3.8) is 0 Å². The Balaban J connectivity index is 3.19. The van der Waals surface area contributed by atoms with Gasteiger partial charge in [0.2, 0.25) is 0 Å². The molecule has 62 valence electrons. The van der Waals surface area contributed by atoms with Crippen molar-refractivity contribution in [3.8, 4) is 11.8 Å². The molecular formula is C9H10N2O. The summed E-state index contributed by atoms with van der Waals surface area (Å²) in [5.74, 6) is 0.194. The van der Waals surface area contributed by atoms with Crippen LogP contribution in [0.1, 0.15) is 5.56 Å². The zero-order valence-electron chi connectivity index (χ0n) is 7.07. The molecule has 0 aliphatic rings. The molecule has 0 aliphatic heterocycles. The van der Waals surface area contributed by atoms with Crippen molar-refractivity contribution in [3.05, 3.63) is 23.8 Å². The highest BCUT2D eigenvalue weighted by Crippen LogP contribution is 2.25. The summed E-state index contributed by atoms with van der Waals surface area (Å²) in [5, 5.41) is 17.9. The Morgan fingerprint density at radius 2 is 2.08 bits per heavy atom. The van der Waals surface area contributed by atoms with Gasteiger partial charge in [0.15, 0.2) is 0 Å². The Morgan fingerprint density at radius 3 is 2.58 bits per heavy atom. The van der Waals surface area contributed by atoms with Crippen LogP contribution in [0.2, 0.25) is 0 Å². The molecule has 3 heteroatoms. The maximum Gasteiger partial charge on any atom is 0.138 e. The predicted octanol–water partition coefficient (Wildman–Crippen LogP) is 1.33. The van der Waals surface area contributed by atoms with Crippen molar-refractivity contribution in [2.75, 3.05) is 19.0 Å². The molecule has 0 amide bonds. The van der Waals surface area contributed by atoms with Gasteiger partial charge in [0.25, 0.3) is 0 Å². The second-order valence-electron chi connectivity index (χ2n) is 2.71. The number of phenols is 1. The van der Waals surface area contributed by atoms with Gasteiger partial charge in [0.05, 0.1) is 17.3 Å². The van der Waals surface area contributed by atoms with Crippen molar-refractivity contribution in [2.24, 2.45) is 0 Å². The van der Waals surface area contributed by atoms with E-state index in [9.17, 15) is 5.11 Å². The standard InChI is InChI=1S/C9H10N2O/c1-11(2)8-5-7(6-10)3-4-9(8)12/h3-5,12H,1-2H3. The van der Waals surface area contributed by atoms with E-state index in [1.165, 1.54) is 6.07 Å². The molecule has 1 rings (SSSR count). The van der Waals surface area contributed by atoms with Gasteiger partial charge in [-0.2, -0.15) is 5.26 Å². The van der Waals surface area contributed by atoms with Crippen molar-refractivity contribution in [2.45, 2.75) is 0 Å². The second-order valence-corrected chi connectivity index (χ2v) is 2.71. The molecule has 0 unspecified atom stereocenters. The molecule has 0 bridgehead atoms. The summed E-state index contributed by atoms with van der Waals surface area (Å²) in [5.41, 5.74) is 1.21. The predicted molar refractivity (Wildman–Crippen MR) is 47.1 cm³/mol. The molecule has 0 saturated heterocycles. The molecule has 3 nitrogen and oxygen atoms in total. The number of phenolic OH excluding ortho intramolecular Hbond substituents is 1.